The third-order valence-corrected chi connectivity index (χ3v) is 12.0. The van der Waals surface area contributed by atoms with E-state index in [2.05, 4.69) is 20.2 Å². The van der Waals surface area contributed by atoms with Gasteiger partial charge in [0.1, 0.15) is 46.6 Å². The Kier molecular flexibility index (Phi) is 7.74. The number of benzene rings is 2. The highest BCUT2D eigenvalue weighted by molar-refractivity contribution is 7.23. The molecule has 18 heteroatoms. The normalized spacial score (nSPS) is 22.6. The van der Waals surface area contributed by atoms with Crippen LogP contribution in [-0.4, -0.2) is 111 Å². The molecule has 52 heavy (non-hydrogen) atoms. The van der Waals surface area contributed by atoms with Crippen LogP contribution in [0.4, 0.5) is 28.8 Å². The zero-order valence-corrected chi connectivity index (χ0v) is 29.1. The number of nitrogens with zero attached hydrogens (tertiary/aromatic N) is 9. The van der Waals surface area contributed by atoms with Crippen LogP contribution < -0.4 is 15.4 Å². The fraction of sp³-hybridized carbons (Fsp3) is 0.412. The highest BCUT2D eigenvalue weighted by Gasteiger charge is 2.51. The number of nitrogen functional groups attached to an aromatic ring is 1. The Bertz CT molecular complexity index is 2310. The molecule has 2 aromatic carbocycles. The Balaban J connectivity index is 1.13. The van der Waals surface area contributed by atoms with Gasteiger partial charge in [-0.25, -0.2) is 18.0 Å². The Hall–Kier alpha value is -4.76. The van der Waals surface area contributed by atoms with E-state index in [1.165, 1.54) is 24.5 Å². The standard InChI is InChI=1S/C34H30ClF3N10O3S/c35-22-10-20-27(26(38)25(22)19-2-3-23(37)28-24(19)21(12-39)29(40)52-28)42-31(50-17-33-4-1-6-47(33)13-18(36)11-33)43-30(20)45-8-9-51-34(14-45)15-46(16-34)32(49)48-7-5-41-44-48/h2-3,5,7,10,18H,1,4,6,8-9,11,13-17,40H2/t18-,33+/m1/s1. The molecular formula is C34H30ClF3N10O3S. The van der Waals surface area contributed by atoms with Gasteiger partial charge in [0.2, 0.25) is 0 Å². The molecule has 13 nitrogen and oxygen atoms in total. The predicted molar refractivity (Wildman–Crippen MR) is 186 cm³/mol. The van der Waals surface area contributed by atoms with E-state index in [1.54, 1.807) is 11.0 Å². The molecule has 7 heterocycles. The molecule has 0 saturated carbocycles. The molecule has 9 rings (SSSR count). The van der Waals surface area contributed by atoms with Crippen molar-refractivity contribution in [3.63, 3.8) is 0 Å². The van der Waals surface area contributed by atoms with Crippen LogP contribution in [0, 0.1) is 23.0 Å². The minimum absolute atomic E-state index is 0.0123. The number of carbonyl (C=O) groups is 1. The first kappa shape index (κ1) is 33.1. The number of carbonyl (C=O) groups excluding carboxylic acids is 1. The highest BCUT2D eigenvalue weighted by atomic mass is 35.5. The SMILES string of the molecule is N#Cc1c(N)sc2c(F)ccc(-c3c(Cl)cc4c(N5CCOC6(CN(C(=O)n7ccnn7)C6)C5)nc(OC[C@@]56CCCN5C[C@H](F)C6)nc4c3F)c12. The molecule has 0 bridgehead atoms. The Morgan fingerprint density at radius 1 is 1.23 bits per heavy atom. The molecule has 1 spiro atoms. The number of amides is 1. The van der Waals surface area contributed by atoms with Crippen LogP contribution in [0.3, 0.4) is 0 Å². The number of alkyl halides is 1. The quantitative estimate of drug-likeness (QED) is 0.258. The average molecular weight is 751 g/mol. The van der Waals surface area contributed by atoms with Gasteiger partial charge in [0.05, 0.1) is 59.5 Å². The molecule has 3 aromatic heterocycles. The summed E-state index contributed by atoms with van der Waals surface area (Å²) in [5.41, 5.74) is 4.86. The molecule has 2 N–H and O–H groups in total. The second-order valence-corrected chi connectivity index (χ2v) is 15.3. The van der Waals surface area contributed by atoms with E-state index in [-0.39, 0.29) is 74.1 Å². The molecule has 4 fully saturated rings. The number of nitrogens with two attached hydrogens (primary N) is 1. The molecule has 0 unspecified atom stereocenters. The fourth-order valence-corrected chi connectivity index (χ4v) is 9.57. The van der Waals surface area contributed by atoms with E-state index in [0.717, 1.165) is 35.4 Å². The number of hydrogen-bond acceptors (Lipinski definition) is 12. The number of likely N-dealkylation sites (tertiary alicyclic amines) is 1. The number of anilines is 2. The van der Waals surface area contributed by atoms with Gasteiger partial charge in [-0.2, -0.15) is 19.9 Å². The third kappa shape index (κ3) is 5.14. The first-order valence-corrected chi connectivity index (χ1v) is 18.0. The lowest BCUT2D eigenvalue weighted by Crippen LogP contribution is -2.71. The van der Waals surface area contributed by atoms with Gasteiger partial charge in [0, 0.05) is 35.8 Å². The van der Waals surface area contributed by atoms with Crippen LogP contribution >= 0.6 is 22.9 Å². The lowest BCUT2D eigenvalue weighted by molar-refractivity contribution is -0.133. The van der Waals surface area contributed by atoms with Crippen molar-refractivity contribution < 1.29 is 27.4 Å². The van der Waals surface area contributed by atoms with Gasteiger partial charge in [0.25, 0.3) is 0 Å². The first-order chi connectivity index (χ1) is 25.1. The molecular weight excluding hydrogens is 721 g/mol. The average Bonchev–Trinajstić information content (AvgIpc) is 3.91. The summed E-state index contributed by atoms with van der Waals surface area (Å²) >= 11 is 7.78. The molecule has 268 valence electrons. The minimum atomic E-state index is -0.973. The van der Waals surface area contributed by atoms with Crippen LogP contribution in [0.2, 0.25) is 5.02 Å². The van der Waals surface area contributed by atoms with Gasteiger partial charge in [0.15, 0.2) is 5.82 Å². The lowest BCUT2D eigenvalue weighted by atomic mass is 9.92. The van der Waals surface area contributed by atoms with Crippen LogP contribution in [0.15, 0.2) is 30.6 Å². The van der Waals surface area contributed by atoms with E-state index in [9.17, 15) is 18.8 Å². The number of morpholine rings is 1. The van der Waals surface area contributed by atoms with Gasteiger partial charge in [-0.15, -0.1) is 16.4 Å². The summed E-state index contributed by atoms with van der Waals surface area (Å²) in [5, 5.41) is 17.9. The van der Waals surface area contributed by atoms with Crippen molar-refractivity contribution in [2.24, 2.45) is 0 Å². The van der Waals surface area contributed by atoms with Gasteiger partial charge in [-0.3, -0.25) is 4.90 Å². The van der Waals surface area contributed by atoms with Crippen molar-refractivity contribution >= 4 is 60.8 Å². The monoisotopic (exact) mass is 750 g/mol. The van der Waals surface area contributed by atoms with Crippen molar-refractivity contribution in [3.8, 4) is 23.2 Å². The zero-order chi connectivity index (χ0) is 35.9. The largest absolute Gasteiger partial charge is 0.461 e. The Morgan fingerprint density at radius 3 is 2.87 bits per heavy atom. The van der Waals surface area contributed by atoms with Crippen molar-refractivity contribution in [3.05, 3.63) is 52.8 Å². The minimum Gasteiger partial charge on any atom is -0.461 e. The molecule has 2 atom stereocenters. The summed E-state index contributed by atoms with van der Waals surface area (Å²) in [6.07, 6.45) is 3.90. The maximum absolute atomic E-state index is 17.1. The van der Waals surface area contributed by atoms with Gasteiger partial charge in [-0.1, -0.05) is 22.9 Å². The first-order valence-electron chi connectivity index (χ1n) is 16.8. The number of fused-ring (bicyclic) bond motifs is 3. The van der Waals surface area contributed by atoms with Crippen LogP contribution in [0.5, 0.6) is 6.01 Å². The summed E-state index contributed by atoms with van der Waals surface area (Å²) in [6.45, 7) is 2.75. The summed E-state index contributed by atoms with van der Waals surface area (Å²) in [4.78, 5) is 27.9. The lowest BCUT2D eigenvalue weighted by Gasteiger charge is -2.53. The predicted octanol–water partition coefficient (Wildman–Crippen LogP) is 5.00. The summed E-state index contributed by atoms with van der Waals surface area (Å²) < 4.78 is 60.4. The summed E-state index contributed by atoms with van der Waals surface area (Å²) in [7, 11) is 0. The topological polar surface area (TPSA) is 152 Å². The van der Waals surface area contributed by atoms with Crippen molar-refractivity contribution in [2.45, 2.75) is 36.6 Å². The van der Waals surface area contributed by atoms with Crippen LogP contribution in [0.25, 0.3) is 32.1 Å². The molecule has 5 aromatic rings. The van der Waals surface area contributed by atoms with Gasteiger partial charge < -0.3 is 25.0 Å². The molecule has 4 aliphatic heterocycles. The number of nitriles is 1. The molecule has 4 saturated heterocycles. The number of rotatable bonds is 5. The van der Waals surface area contributed by atoms with E-state index in [0.29, 0.717) is 43.9 Å². The molecule has 4 aliphatic rings. The van der Waals surface area contributed by atoms with Gasteiger partial charge in [-0.05, 0) is 37.1 Å². The van der Waals surface area contributed by atoms with Crippen molar-refractivity contribution in [1.29, 1.82) is 5.26 Å². The summed E-state index contributed by atoms with van der Waals surface area (Å²) in [5.74, 6) is -1.08. The number of halogens is 4. The molecule has 1 amide bonds. The molecule has 0 radical (unpaired) electrons. The van der Waals surface area contributed by atoms with Crippen LogP contribution in [0.1, 0.15) is 24.8 Å². The van der Waals surface area contributed by atoms with E-state index >= 15 is 4.39 Å². The van der Waals surface area contributed by atoms with E-state index < -0.39 is 28.9 Å². The third-order valence-electron chi connectivity index (χ3n) is 10.7. The number of aromatic nitrogens is 5. The maximum atomic E-state index is 17.1. The molecule has 0 aliphatic carbocycles. The van der Waals surface area contributed by atoms with E-state index in [1.807, 2.05) is 11.0 Å². The number of hydrogen-bond donors (Lipinski definition) is 1. The Morgan fingerprint density at radius 2 is 2.08 bits per heavy atom. The second kappa shape index (κ2) is 12.2. The maximum Gasteiger partial charge on any atom is 0.346 e. The smallest absolute Gasteiger partial charge is 0.346 e. The summed E-state index contributed by atoms with van der Waals surface area (Å²) in [6, 6.07) is 5.69. The van der Waals surface area contributed by atoms with E-state index in [4.69, 9.17) is 31.8 Å². The highest BCUT2D eigenvalue weighted by Crippen LogP contribution is 2.46. The fourth-order valence-electron chi connectivity index (χ4n) is 8.33. The second-order valence-electron chi connectivity index (χ2n) is 13.8. The van der Waals surface area contributed by atoms with Crippen molar-refractivity contribution in [1.82, 2.24) is 34.8 Å². The zero-order valence-electron chi connectivity index (χ0n) is 27.5. The van der Waals surface area contributed by atoms with Gasteiger partial charge >= 0.3 is 12.0 Å². The number of ether oxygens (including phenoxy) is 2. The number of thiophene rings is 1. The van der Waals surface area contributed by atoms with Crippen molar-refractivity contribution in [2.75, 3.05) is 63.1 Å². The Labute approximate surface area is 303 Å². The van der Waals surface area contributed by atoms with Crippen LogP contribution in [-0.2, 0) is 4.74 Å².